The number of benzene rings is 2. The topological polar surface area (TPSA) is 72.5 Å². The van der Waals surface area contributed by atoms with E-state index >= 15 is 0 Å². The third-order valence-corrected chi connectivity index (χ3v) is 3.00. The second-order valence-electron chi connectivity index (χ2n) is 4.62. The predicted octanol–water partition coefficient (Wildman–Crippen LogP) is 2.98. The number of carboxylic acid groups (broad SMARTS) is 1. The Hall–Kier alpha value is -2.33. The molecule has 0 bridgehead atoms. The quantitative estimate of drug-likeness (QED) is 0.876. The minimum Gasteiger partial charge on any atom is -0.489 e. The summed E-state index contributed by atoms with van der Waals surface area (Å²) in [7, 11) is 0. The molecule has 0 saturated heterocycles. The first-order valence-electron chi connectivity index (χ1n) is 6.37. The van der Waals surface area contributed by atoms with E-state index in [4.69, 9.17) is 15.6 Å². The van der Waals surface area contributed by atoms with E-state index in [1.165, 1.54) is 0 Å². The molecule has 0 fully saturated rings. The van der Waals surface area contributed by atoms with Gasteiger partial charge in [-0.1, -0.05) is 30.3 Å². The molecule has 0 spiro atoms. The fraction of sp³-hybridized carbons (Fsp3) is 0.188. The van der Waals surface area contributed by atoms with Crippen molar-refractivity contribution >= 4 is 5.97 Å². The van der Waals surface area contributed by atoms with Crippen molar-refractivity contribution in [2.75, 3.05) is 0 Å². The summed E-state index contributed by atoms with van der Waals surface area (Å²) in [6.07, 6.45) is 0. The molecular weight excluding hydrogens is 254 g/mol. The smallest absolute Gasteiger partial charge is 0.335 e. The summed E-state index contributed by atoms with van der Waals surface area (Å²) in [6.45, 7) is 2.29. The van der Waals surface area contributed by atoms with Crippen LogP contribution >= 0.6 is 0 Å². The molecule has 0 amide bonds. The summed E-state index contributed by atoms with van der Waals surface area (Å²) in [4.78, 5) is 10.8. The predicted molar refractivity (Wildman–Crippen MR) is 76.8 cm³/mol. The van der Waals surface area contributed by atoms with Gasteiger partial charge in [-0.2, -0.15) is 0 Å². The highest BCUT2D eigenvalue weighted by atomic mass is 16.5. The average molecular weight is 271 g/mol. The van der Waals surface area contributed by atoms with Gasteiger partial charge in [-0.05, 0) is 30.7 Å². The molecule has 2 aromatic rings. The Kier molecular flexibility index (Phi) is 4.38. The van der Waals surface area contributed by atoms with E-state index in [-0.39, 0.29) is 11.6 Å². The summed E-state index contributed by atoms with van der Waals surface area (Å²) in [5.41, 5.74) is 8.02. The molecule has 0 unspecified atom stereocenters. The van der Waals surface area contributed by atoms with E-state index in [1.54, 1.807) is 24.3 Å². The van der Waals surface area contributed by atoms with Gasteiger partial charge in [0.2, 0.25) is 0 Å². The zero-order chi connectivity index (χ0) is 14.5. The first-order valence-corrected chi connectivity index (χ1v) is 6.37. The van der Waals surface area contributed by atoms with Crippen LogP contribution in [0.1, 0.15) is 34.5 Å². The molecule has 0 aliphatic rings. The number of carboxylic acids is 1. The molecule has 0 radical (unpaired) electrons. The number of aromatic carboxylic acids is 1. The van der Waals surface area contributed by atoms with E-state index in [2.05, 4.69) is 0 Å². The first-order chi connectivity index (χ1) is 9.58. The Morgan fingerprint density at radius 1 is 1.20 bits per heavy atom. The Bertz CT molecular complexity index is 591. The lowest BCUT2D eigenvalue weighted by Crippen LogP contribution is -2.08. The molecule has 3 N–H and O–H groups in total. The van der Waals surface area contributed by atoms with Crippen LogP contribution in [0.25, 0.3) is 0 Å². The average Bonchev–Trinajstić information content (AvgIpc) is 2.45. The van der Waals surface area contributed by atoms with Gasteiger partial charge < -0.3 is 15.6 Å². The maximum absolute atomic E-state index is 10.8. The van der Waals surface area contributed by atoms with Gasteiger partial charge in [-0.15, -0.1) is 0 Å². The highest BCUT2D eigenvalue weighted by molar-refractivity contribution is 5.87. The van der Waals surface area contributed by atoms with Crippen molar-refractivity contribution in [3.05, 3.63) is 65.2 Å². The third kappa shape index (κ3) is 3.36. The molecule has 4 nitrogen and oxygen atoms in total. The Labute approximate surface area is 117 Å². The second kappa shape index (κ2) is 6.21. The monoisotopic (exact) mass is 271 g/mol. The van der Waals surface area contributed by atoms with Crippen LogP contribution in [0.5, 0.6) is 5.75 Å². The molecule has 20 heavy (non-hydrogen) atoms. The highest BCUT2D eigenvalue weighted by Gasteiger charge is 2.07. The zero-order valence-corrected chi connectivity index (χ0v) is 11.2. The van der Waals surface area contributed by atoms with E-state index in [0.717, 1.165) is 16.9 Å². The van der Waals surface area contributed by atoms with Gasteiger partial charge in [-0.3, -0.25) is 0 Å². The molecule has 1 atom stereocenters. The van der Waals surface area contributed by atoms with Gasteiger partial charge in [0.25, 0.3) is 0 Å². The molecule has 0 aromatic heterocycles. The summed E-state index contributed by atoms with van der Waals surface area (Å²) in [6, 6.07) is 14.2. The van der Waals surface area contributed by atoms with Crippen molar-refractivity contribution in [3.63, 3.8) is 0 Å². The third-order valence-electron chi connectivity index (χ3n) is 3.00. The van der Waals surface area contributed by atoms with Gasteiger partial charge in [0.05, 0.1) is 5.56 Å². The van der Waals surface area contributed by atoms with Gasteiger partial charge in [-0.25, -0.2) is 4.79 Å². The van der Waals surface area contributed by atoms with Crippen LogP contribution in [0, 0.1) is 0 Å². The van der Waals surface area contributed by atoms with Crippen molar-refractivity contribution in [1.82, 2.24) is 0 Å². The normalized spacial score (nSPS) is 11.9. The number of rotatable bonds is 5. The molecule has 4 heteroatoms. The molecule has 0 heterocycles. The maximum Gasteiger partial charge on any atom is 0.335 e. The second-order valence-corrected chi connectivity index (χ2v) is 4.62. The van der Waals surface area contributed by atoms with Crippen molar-refractivity contribution < 1.29 is 14.6 Å². The van der Waals surface area contributed by atoms with Crippen molar-refractivity contribution in [2.45, 2.75) is 19.6 Å². The Morgan fingerprint density at radius 3 is 2.45 bits per heavy atom. The van der Waals surface area contributed by atoms with Crippen LogP contribution < -0.4 is 10.5 Å². The lowest BCUT2D eigenvalue weighted by atomic mass is 10.1. The van der Waals surface area contributed by atoms with Gasteiger partial charge in [0, 0.05) is 11.6 Å². The fourth-order valence-corrected chi connectivity index (χ4v) is 1.89. The van der Waals surface area contributed by atoms with E-state index in [0.29, 0.717) is 6.61 Å². The molecule has 2 rings (SSSR count). The molecule has 0 saturated carbocycles. The van der Waals surface area contributed by atoms with E-state index in [9.17, 15) is 4.79 Å². The molecule has 104 valence electrons. The number of carbonyl (C=O) groups is 1. The minimum atomic E-state index is -0.931. The standard InChI is InChI=1S/C16H17NO3/c1-11(17)14-4-2-3-5-15(14)20-10-12-6-8-13(9-7-12)16(18)19/h2-9,11H,10,17H2,1H3,(H,18,19)/t11-/m0/s1. The van der Waals surface area contributed by atoms with Crippen LogP contribution in [-0.2, 0) is 6.61 Å². The van der Waals surface area contributed by atoms with E-state index in [1.807, 2.05) is 31.2 Å². The summed E-state index contributed by atoms with van der Waals surface area (Å²) in [5.74, 6) is -0.176. The molecule has 0 aliphatic carbocycles. The highest BCUT2D eigenvalue weighted by Crippen LogP contribution is 2.24. The fourth-order valence-electron chi connectivity index (χ4n) is 1.89. The molecule has 0 aliphatic heterocycles. The van der Waals surface area contributed by atoms with Crippen molar-refractivity contribution in [1.29, 1.82) is 0 Å². The van der Waals surface area contributed by atoms with Gasteiger partial charge in [0.1, 0.15) is 12.4 Å². The van der Waals surface area contributed by atoms with Crippen LogP contribution in [0.15, 0.2) is 48.5 Å². The van der Waals surface area contributed by atoms with Crippen LogP contribution in [0.4, 0.5) is 0 Å². The maximum atomic E-state index is 10.8. The number of nitrogens with two attached hydrogens (primary N) is 1. The lowest BCUT2D eigenvalue weighted by Gasteiger charge is -2.13. The van der Waals surface area contributed by atoms with Crippen LogP contribution in [0.2, 0.25) is 0 Å². The van der Waals surface area contributed by atoms with Crippen molar-refractivity contribution in [2.24, 2.45) is 5.73 Å². The SMILES string of the molecule is C[C@H](N)c1ccccc1OCc1ccc(C(=O)O)cc1. The number of ether oxygens (including phenoxy) is 1. The van der Waals surface area contributed by atoms with Crippen molar-refractivity contribution in [3.8, 4) is 5.75 Å². The Balaban J connectivity index is 2.07. The number of hydrogen-bond donors (Lipinski definition) is 2. The molecule has 2 aromatic carbocycles. The van der Waals surface area contributed by atoms with E-state index < -0.39 is 5.97 Å². The minimum absolute atomic E-state index is 0.0967. The summed E-state index contributed by atoms with van der Waals surface area (Å²) in [5, 5.41) is 8.84. The number of para-hydroxylation sites is 1. The van der Waals surface area contributed by atoms with Gasteiger partial charge in [0.15, 0.2) is 0 Å². The Morgan fingerprint density at radius 2 is 1.85 bits per heavy atom. The summed E-state index contributed by atoms with van der Waals surface area (Å²) >= 11 is 0. The van der Waals surface area contributed by atoms with Crippen LogP contribution in [-0.4, -0.2) is 11.1 Å². The lowest BCUT2D eigenvalue weighted by molar-refractivity contribution is 0.0697. The number of hydrogen-bond acceptors (Lipinski definition) is 3. The molecular formula is C16H17NO3. The zero-order valence-electron chi connectivity index (χ0n) is 11.2. The first kappa shape index (κ1) is 14.1. The largest absolute Gasteiger partial charge is 0.489 e. The van der Waals surface area contributed by atoms with Crippen LogP contribution in [0.3, 0.4) is 0 Å². The van der Waals surface area contributed by atoms with Gasteiger partial charge >= 0.3 is 5.97 Å². The summed E-state index contributed by atoms with van der Waals surface area (Å²) < 4.78 is 5.76.